The van der Waals surface area contributed by atoms with Gasteiger partial charge in [0.15, 0.2) is 0 Å². The Kier molecular flexibility index (Phi) is 3.52. The smallest absolute Gasteiger partial charge is 0.270 e. The molecule has 1 aromatic heterocycles. The zero-order chi connectivity index (χ0) is 12.4. The lowest BCUT2D eigenvalue weighted by Crippen LogP contribution is -2.51. The predicted octanol–water partition coefficient (Wildman–Crippen LogP) is 1.22. The average Bonchev–Trinajstić information content (AvgIpc) is 2.74. The number of piperidine rings is 1. The highest BCUT2D eigenvalue weighted by Crippen LogP contribution is 2.24. The molecule has 1 fully saturated rings. The molecule has 0 bridgehead atoms. The first-order valence-corrected chi connectivity index (χ1v) is 6.27. The number of likely N-dealkylation sites (tertiary alicyclic amines) is 1. The molecule has 1 saturated heterocycles. The molecule has 2 atom stereocenters. The van der Waals surface area contributed by atoms with Crippen LogP contribution in [0.2, 0.25) is 0 Å². The lowest BCUT2D eigenvalue weighted by molar-refractivity contribution is 0.0523. The van der Waals surface area contributed by atoms with Gasteiger partial charge < -0.3 is 15.2 Å². The van der Waals surface area contributed by atoms with Crippen molar-refractivity contribution in [3.05, 3.63) is 24.0 Å². The molecule has 0 saturated carbocycles. The average molecular weight is 235 g/mol. The molecule has 2 N–H and O–H groups in total. The van der Waals surface area contributed by atoms with E-state index in [0.29, 0.717) is 12.5 Å². The van der Waals surface area contributed by atoms with Crippen LogP contribution in [0.3, 0.4) is 0 Å². The molecule has 1 aliphatic rings. The summed E-state index contributed by atoms with van der Waals surface area (Å²) in [5.41, 5.74) is 6.56. The van der Waals surface area contributed by atoms with Crippen LogP contribution in [0.1, 0.15) is 30.3 Å². The molecule has 1 amide bonds. The van der Waals surface area contributed by atoms with Gasteiger partial charge in [0.2, 0.25) is 0 Å². The number of hydrogen-bond acceptors (Lipinski definition) is 2. The van der Waals surface area contributed by atoms with E-state index < -0.39 is 0 Å². The van der Waals surface area contributed by atoms with Gasteiger partial charge in [-0.2, -0.15) is 0 Å². The molecule has 0 aliphatic carbocycles. The fourth-order valence-corrected chi connectivity index (χ4v) is 2.69. The molecule has 4 nitrogen and oxygen atoms in total. The maximum Gasteiger partial charge on any atom is 0.270 e. The van der Waals surface area contributed by atoms with Gasteiger partial charge in [0, 0.05) is 32.4 Å². The SMILES string of the molecule is C[C@H]1CCCN(C(=O)c2cccn2C)[C@H]1CN. The van der Waals surface area contributed by atoms with Crippen molar-refractivity contribution in [1.82, 2.24) is 9.47 Å². The number of nitrogens with two attached hydrogens (primary N) is 1. The minimum Gasteiger partial charge on any atom is -0.347 e. The lowest BCUT2D eigenvalue weighted by Gasteiger charge is -2.39. The highest BCUT2D eigenvalue weighted by atomic mass is 16.2. The number of rotatable bonds is 2. The van der Waals surface area contributed by atoms with Crippen molar-refractivity contribution < 1.29 is 4.79 Å². The fraction of sp³-hybridized carbons (Fsp3) is 0.615. The Balaban J connectivity index is 2.21. The Morgan fingerprint density at radius 1 is 1.59 bits per heavy atom. The summed E-state index contributed by atoms with van der Waals surface area (Å²) >= 11 is 0. The van der Waals surface area contributed by atoms with Gasteiger partial charge in [0.1, 0.15) is 5.69 Å². The summed E-state index contributed by atoms with van der Waals surface area (Å²) in [4.78, 5) is 14.4. The van der Waals surface area contributed by atoms with Crippen LogP contribution < -0.4 is 5.73 Å². The van der Waals surface area contributed by atoms with Crippen molar-refractivity contribution in [3.8, 4) is 0 Å². The van der Waals surface area contributed by atoms with E-state index in [2.05, 4.69) is 6.92 Å². The molecule has 0 radical (unpaired) electrons. The van der Waals surface area contributed by atoms with Gasteiger partial charge in [-0.05, 0) is 30.9 Å². The van der Waals surface area contributed by atoms with Gasteiger partial charge in [-0.15, -0.1) is 0 Å². The van der Waals surface area contributed by atoms with Gasteiger partial charge in [0.25, 0.3) is 5.91 Å². The van der Waals surface area contributed by atoms with E-state index in [-0.39, 0.29) is 11.9 Å². The maximum absolute atomic E-state index is 12.4. The highest BCUT2D eigenvalue weighted by Gasteiger charge is 2.31. The molecule has 17 heavy (non-hydrogen) atoms. The second kappa shape index (κ2) is 4.92. The Morgan fingerprint density at radius 3 is 2.94 bits per heavy atom. The molecular formula is C13H21N3O. The number of amides is 1. The van der Waals surface area contributed by atoms with Crippen LogP contribution in [0, 0.1) is 5.92 Å². The van der Waals surface area contributed by atoms with Crippen LogP contribution in [0.4, 0.5) is 0 Å². The topological polar surface area (TPSA) is 51.3 Å². The first-order valence-electron chi connectivity index (χ1n) is 6.27. The zero-order valence-electron chi connectivity index (χ0n) is 10.6. The normalized spacial score (nSPS) is 25.0. The standard InChI is InChI=1S/C13H21N3O/c1-10-5-3-8-16(12(10)9-14)13(17)11-6-4-7-15(11)2/h4,6-7,10,12H,3,5,8-9,14H2,1-2H3/t10-,12-/m0/s1. The van der Waals surface area contributed by atoms with Gasteiger partial charge >= 0.3 is 0 Å². The van der Waals surface area contributed by atoms with Crippen molar-refractivity contribution >= 4 is 5.91 Å². The Labute approximate surface area is 102 Å². The van der Waals surface area contributed by atoms with E-state index in [4.69, 9.17) is 5.73 Å². The number of nitrogens with zero attached hydrogens (tertiary/aromatic N) is 2. The van der Waals surface area contributed by atoms with Gasteiger partial charge in [-0.1, -0.05) is 6.92 Å². The van der Waals surface area contributed by atoms with Crippen LogP contribution in [0.5, 0.6) is 0 Å². The predicted molar refractivity (Wildman–Crippen MR) is 67.7 cm³/mol. The molecule has 1 aliphatic heterocycles. The molecule has 0 spiro atoms. The van der Waals surface area contributed by atoms with E-state index >= 15 is 0 Å². The number of aromatic nitrogens is 1. The fourth-order valence-electron chi connectivity index (χ4n) is 2.69. The molecule has 4 heteroatoms. The molecule has 0 aromatic carbocycles. The molecular weight excluding hydrogens is 214 g/mol. The van der Waals surface area contributed by atoms with E-state index in [1.165, 1.54) is 6.42 Å². The number of carbonyl (C=O) groups excluding carboxylic acids is 1. The van der Waals surface area contributed by atoms with Crippen LogP contribution in [0.15, 0.2) is 18.3 Å². The van der Waals surface area contributed by atoms with Crippen molar-refractivity contribution in [2.24, 2.45) is 18.7 Å². The van der Waals surface area contributed by atoms with Gasteiger partial charge in [0.05, 0.1) is 0 Å². The maximum atomic E-state index is 12.4. The first kappa shape index (κ1) is 12.2. The number of hydrogen-bond donors (Lipinski definition) is 1. The summed E-state index contributed by atoms with van der Waals surface area (Å²) in [6, 6.07) is 3.96. The number of carbonyl (C=O) groups is 1. The van der Waals surface area contributed by atoms with Gasteiger partial charge in [-0.25, -0.2) is 0 Å². The quantitative estimate of drug-likeness (QED) is 0.838. The second-order valence-corrected chi connectivity index (χ2v) is 4.93. The van der Waals surface area contributed by atoms with E-state index in [0.717, 1.165) is 18.7 Å². The monoisotopic (exact) mass is 235 g/mol. The van der Waals surface area contributed by atoms with E-state index in [1.807, 2.05) is 34.8 Å². The van der Waals surface area contributed by atoms with Crippen molar-refractivity contribution in [2.45, 2.75) is 25.8 Å². The van der Waals surface area contributed by atoms with Crippen molar-refractivity contribution in [1.29, 1.82) is 0 Å². The van der Waals surface area contributed by atoms with Crippen LogP contribution in [0.25, 0.3) is 0 Å². The largest absolute Gasteiger partial charge is 0.347 e. The van der Waals surface area contributed by atoms with Gasteiger partial charge in [-0.3, -0.25) is 4.79 Å². The summed E-state index contributed by atoms with van der Waals surface area (Å²) in [6.45, 7) is 3.56. The molecule has 94 valence electrons. The zero-order valence-corrected chi connectivity index (χ0v) is 10.6. The molecule has 2 rings (SSSR count). The minimum absolute atomic E-state index is 0.111. The summed E-state index contributed by atoms with van der Waals surface area (Å²) in [6.07, 6.45) is 4.14. The molecule has 2 heterocycles. The molecule has 1 aromatic rings. The molecule has 0 unspecified atom stereocenters. The summed E-state index contributed by atoms with van der Waals surface area (Å²) in [5.74, 6) is 0.609. The summed E-state index contributed by atoms with van der Waals surface area (Å²) in [5, 5.41) is 0. The van der Waals surface area contributed by atoms with E-state index in [1.54, 1.807) is 0 Å². The summed E-state index contributed by atoms with van der Waals surface area (Å²) < 4.78 is 1.87. The highest BCUT2D eigenvalue weighted by molar-refractivity contribution is 5.93. The third kappa shape index (κ3) is 2.22. The van der Waals surface area contributed by atoms with E-state index in [9.17, 15) is 4.79 Å². The third-order valence-corrected chi connectivity index (χ3v) is 3.78. The minimum atomic E-state index is 0.111. The van der Waals surface area contributed by atoms with Crippen molar-refractivity contribution in [3.63, 3.8) is 0 Å². The first-order chi connectivity index (χ1) is 8.15. The summed E-state index contributed by atoms with van der Waals surface area (Å²) in [7, 11) is 1.90. The van der Waals surface area contributed by atoms with Crippen LogP contribution in [-0.4, -0.2) is 34.5 Å². The number of aryl methyl sites for hydroxylation is 1. The lowest BCUT2D eigenvalue weighted by atomic mass is 9.90. The third-order valence-electron chi connectivity index (χ3n) is 3.78. The van der Waals surface area contributed by atoms with Crippen molar-refractivity contribution in [2.75, 3.05) is 13.1 Å². The Bertz CT molecular complexity index is 399. The Morgan fingerprint density at radius 2 is 2.35 bits per heavy atom. The van der Waals surface area contributed by atoms with Crippen LogP contribution >= 0.6 is 0 Å². The van der Waals surface area contributed by atoms with Crippen LogP contribution in [-0.2, 0) is 7.05 Å². The second-order valence-electron chi connectivity index (χ2n) is 4.93. The Hall–Kier alpha value is -1.29.